The lowest BCUT2D eigenvalue weighted by Gasteiger charge is -2.15. The number of amides is 1. The summed E-state index contributed by atoms with van der Waals surface area (Å²) in [4.78, 5) is 12.9. The van der Waals surface area contributed by atoms with Gasteiger partial charge in [0.25, 0.3) is 5.91 Å². The molecule has 0 radical (unpaired) electrons. The molecule has 0 aliphatic carbocycles. The average molecular weight is 533 g/mol. The van der Waals surface area contributed by atoms with Gasteiger partial charge in [0.2, 0.25) is 5.82 Å². The van der Waals surface area contributed by atoms with Crippen LogP contribution in [0.2, 0.25) is 5.02 Å². The topological polar surface area (TPSA) is 41.9 Å². The number of benzene rings is 3. The van der Waals surface area contributed by atoms with E-state index in [1.807, 2.05) is 12.1 Å². The van der Waals surface area contributed by atoms with Crippen LogP contribution in [0, 0.1) is 29.1 Å². The fourth-order valence-corrected chi connectivity index (χ4v) is 3.79. The lowest BCUT2D eigenvalue weighted by atomic mass is 10.0. The molecule has 1 aliphatic heterocycles. The molecule has 0 bridgehead atoms. The van der Waals surface area contributed by atoms with E-state index in [0.717, 1.165) is 11.1 Å². The minimum Gasteiger partial charge on any atom is -0.489 e. The Morgan fingerprint density at radius 3 is 2.22 bits per heavy atom. The molecule has 1 heterocycles. The predicted octanol–water partition coefficient (Wildman–Crippen LogP) is 7.15. The number of hydrogen-bond donors (Lipinski definition) is 0. The molecule has 10 heteroatoms. The highest BCUT2D eigenvalue weighted by molar-refractivity contribution is 6.32. The van der Waals surface area contributed by atoms with Crippen molar-refractivity contribution in [3.8, 4) is 5.75 Å². The SMILES string of the molecule is C=CCc1cc(/C=C2/C(=O)N(c3c(F)c(F)c(F)c(F)c3F)N=C2C)ccc1OCc1ccc(Cl)cc1. The number of hydrazone groups is 1. The smallest absolute Gasteiger partial charge is 0.280 e. The van der Waals surface area contributed by atoms with Gasteiger partial charge < -0.3 is 4.74 Å². The Kier molecular flexibility index (Phi) is 7.45. The summed E-state index contributed by atoms with van der Waals surface area (Å²) in [5.74, 6) is -11.5. The van der Waals surface area contributed by atoms with E-state index in [1.165, 1.54) is 13.0 Å². The number of carbonyl (C=O) groups is 1. The normalized spacial score (nSPS) is 14.4. The lowest BCUT2D eigenvalue weighted by molar-refractivity contribution is -0.114. The third kappa shape index (κ3) is 5.13. The van der Waals surface area contributed by atoms with Gasteiger partial charge in [-0.3, -0.25) is 4.79 Å². The van der Waals surface area contributed by atoms with Crippen molar-refractivity contribution >= 4 is 35.0 Å². The van der Waals surface area contributed by atoms with Gasteiger partial charge in [0.05, 0.1) is 11.3 Å². The quantitative estimate of drug-likeness (QED) is 0.107. The highest BCUT2D eigenvalue weighted by Gasteiger charge is 2.37. The molecule has 1 aliphatic rings. The van der Waals surface area contributed by atoms with Crippen LogP contribution in [0.4, 0.5) is 27.6 Å². The minimum atomic E-state index is -2.32. The minimum absolute atomic E-state index is 0.0299. The van der Waals surface area contributed by atoms with Crippen LogP contribution in [-0.4, -0.2) is 11.6 Å². The summed E-state index contributed by atoms with van der Waals surface area (Å²) in [7, 11) is 0. The van der Waals surface area contributed by atoms with E-state index in [0.29, 0.717) is 22.8 Å². The first-order valence-corrected chi connectivity index (χ1v) is 11.2. The van der Waals surface area contributed by atoms with E-state index in [9.17, 15) is 26.7 Å². The van der Waals surface area contributed by atoms with Gasteiger partial charge in [0, 0.05) is 5.02 Å². The van der Waals surface area contributed by atoms with Gasteiger partial charge >= 0.3 is 0 Å². The van der Waals surface area contributed by atoms with E-state index >= 15 is 0 Å². The summed E-state index contributed by atoms with van der Waals surface area (Å²) in [6.07, 6.45) is 3.51. The summed E-state index contributed by atoms with van der Waals surface area (Å²) < 4.78 is 75.2. The van der Waals surface area contributed by atoms with E-state index in [1.54, 1.807) is 36.4 Å². The molecule has 190 valence electrons. The molecule has 0 unspecified atom stereocenters. The fraction of sp³-hybridized carbons (Fsp3) is 0.111. The van der Waals surface area contributed by atoms with E-state index < -0.39 is 40.7 Å². The zero-order chi connectivity index (χ0) is 26.9. The second-order valence-corrected chi connectivity index (χ2v) is 8.49. The average Bonchev–Trinajstić information content (AvgIpc) is 3.15. The summed E-state index contributed by atoms with van der Waals surface area (Å²) >= 11 is 5.90. The Bertz CT molecular complexity index is 1440. The second kappa shape index (κ2) is 10.6. The van der Waals surface area contributed by atoms with Gasteiger partial charge in [-0.15, -0.1) is 6.58 Å². The van der Waals surface area contributed by atoms with E-state index in [2.05, 4.69) is 11.7 Å². The molecule has 1 amide bonds. The van der Waals surface area contributed by atoms with Crippen LogP contribution in [-0.2, 0) is 17.8 Å². The summed E-state index contributed by atoms with van der Waals surface area (Å²) in [6.45, 7) is 5.40. The highest BCUT2D eigenvalue weighted by Crippen LogP contribution is 2.34. The molecule has 3 aromatic carbocycles. The second-order valence-electron chi connectivity index (χ2n) is 8.05. The van der Waals surface area contributed by atoms with Crippen molar-refractivity contribution in [3.63, 3.8) is 0 Å². The number of carbonyl (C=O) groups excluding carboxylic acids is 1. The summed E-state index contributed by atoms with van der Waals surface area (Å²) in [6, 6.07) is 12.2. The highest BCUT2D eigenvalue weighted by atomic mass is 35.5. The molecular weight excluding hydrogens is 515 g/mol. The number of ether oxygens (including phenoxy) is 1. The monoisotopic (exact) mass is 532 g/mol. The van der Waals surface area contributed by atoms with Crippen LogP contribution in [0.5, 0.6) is 5.75 Å². The van der Waals surface area contributed by atoms with Crippen LogP contribution in [0.25, 0.3) is 6.08 Å². The maximum Gasteiger partial charge on any atom is 0.280 e. The summed E-state index contributed by atoms with van der Waals surface area (Å²) in [5, 5.41) is 4.52. The first kappa shape index (κ1) is 26.1. The van der Waals surface area contributed by atoms with Crippen molar-refractivity contribution in [1.29, 1.82) is 0 Å². The van der Waals surface area contributed by atoms with E-state index in [4.69, 9.17) is 16.3 Å². The van der Waals surface area contributed by atoms with Crippen LogP contribution in [0.1, 0.15) is 23.6 Å². The van der Waals surface area contributed by atoms with E-state index in [-0.39, 0.29) is 22.9 Å². The third-order valence-electron chi connectivity index (χ3n) is 5.53. The molecule has 37 heavy (non-hydrogen) atoms. The van der Waals surface area contributed by atoms with Gasteiger partial charge in [-0.1, -0.05) is 35.9 Å². The Labute approximate surface area is 213 Å². The van der Waals surface area contributed by atoms with Gasteiger partial charge in [-0.05, 0) is 60.4 Å². The van der Waals surface area contributed by atoms with Crippen molar-refractivity contribution in [2.75, 3.05) is 5.01 Å². The van der Waals surface area contributed by atoms with Crippen molar-refractivity contribution in [3.05, 3.63) is 111 Å². The standard InChI is InChI=1S/C27H18ClF5N2O2/c1-3-4-17-11-16(7-10-20(17)37-13-15-5-8-18(28)9-6-15)12-19-14(2)34-35(27(19)36)26-24(32)22(30)21(29)23(31)25(26)33/h3,5-12H,1,4,13H2,2H3/b19-12+. The maximum atomic E-state index is 14.3. The molecule has 0 spiro atoms. The van der Waals surface area contributed by atoms with Gasteiger partial charge in [0.1, 0.15) is 18.0 Å². The number of allylic oxidation sites excluding steroid dienone is 1. The number of halogens is 6. The molecular formula is C27H18ClF5N2O2. The number of nitrogens with zero attached hydrogens (tertiary/aromatic N) is 2. The molecule has 4 rings (SSSR count). The Morgan fingerprint density at radius 2 is 1.59 bits per heavy atom. The predicted molar refractivity (Wildman–Crippen MR) is 131 cm³/mol. The van der Waals surface area contributed by atoms with Crippen molar-refractivity contribution in [2.24, 2.45) is 5.10 Å². The largest absolute Gasteiger partial charge is 0.489 e. The van der Waals surface area contributed by atoms with Gasteiger partial charge in [0.15, 0.2) is 23.3 Å². The first-order chi connectivity index (χ1) is 17.6. The molecule has 4 nitrogen and oxygen atoms in total. The third-order valence-corrected chi connectivity index (χ3v) is 5.78. The molecule has 0 saturated heterocycles. The van der Waals surface area contributed by atoms with Crippen molar-refractivity contribution < 1.29 is 31.5 Å². The van der Waals surface area contributed by atoms with Gasteiger partial charge in [-0.2, -0.15) is 10.1 Å². The van der Waals surface area contributed by atoms with Crippen molar-refractivity contribution in [1.82, 2.24) is 0 Å². The number of hydrogen-bond acceptors (Lipinski definition) is 3. The van der Waals surface area contributed by atoms with Crippen LogP contribution >= 0.6 is 11.6 Å². The lowest BCUT2D eigenvalue weighted by Crippen LogP contribution is -2.25. The number of rotatable bonds is 7. The number of anilines is 1. The zero-order valence-corrected chi connectivity index (χ0v) is 20.1. The Morgan fingerprint density at radius 1 is 0.973 bits per heavy atom. The molecule has 0 saturated carbocycles. The van der Waals surface area contributed by atoms with Crippen LogP contribution in [0.3, 0.4) is 0 Å². The fourth-order valence-electron chi connectivity index (χ4n) is 3.67. The Hall–Kier alpha value is -3.98. The zero-order valence-electron chi connectivity index (χ0n) is 19.3. The Balaban J connectivity index is 1.63. The molecule has 0 aromatic heterocycles. The van der Waals surface area contributed by atoms with Crippen LogP contribution < -0.4 is 9.75 Å². The molecule has 0 fully saturated rings. The maximum absolute atomic E-state index is 14.3. The van der Waals surface area contributed by atoms with Crippen LogP contribution in [0.15, 0.2) is 65.8 Å². The van der Waals surface area contributed by atoms with Gasteiger partial charge in [-0.25, -0.2) is 22.0 Å². The summed E-state index contributed by atoms with van der Waals surface area (Å²) in [5.41, 5.74) is 0.674. The molecule has 0 atom stereocenters. The molecule has 3 aromatic rings. The van der Waals surface area contributed by atoms with Crippen molar-refractivity contribution in [2.45, 2.75) is 20.0 Å². The first-order valence-electron chi connectivity index (χ1n) is 10.9. The molecule has 0 N–H and O–H groups in total.